The van der Waals surface area contributed by atoms with Gasteiger partial charge in [-0.1, -0.05) is 23.8 Å². The van der Waals surface area contributed by atoms with Crippen LogP contribution in [0.5, 0.6) is 5.75 Å². The van der Waals surface area contributed by atoms with E-state index < -0.39 is 0 Å². The van der Waals surface area contributed by atoms with Gasteiger partial charge in [0, 0.05) is 31.2 Å². The zero-order valence-corrected chi connectivity index (χ0v) is 11.8. The quantitative estimate of drug-likeness (QED) is 0.877. The van der Waals surface area contributed by atoms with E-state index in [1.165, 1.54) is 16.7 Å². The van der Waals surface area contributed by atoms with E-state index >= 15 is 0 Å². The second kappa shape index (κ2) is 5.35. The summed E-state index contributed by atoms with van der Waals surface area (Å²) in [5, 5.41) is 3.50. The van der Waals surface area contributed by atoms with Gasteiger partial charge in [-0.25, -0.2) is 0 Å². The van der Waals surface area contributed by atoms with Crippen LogP contribution < -0.4 is 10.1 Å². The predicted octanol–water partition coefficient (Wildman–Crippen LogP) is 1.93. The molecule has 1 aromatic rings. The summed E-state index contributed by atoms with van der Waals surface area (Å²) >= 11 is 0. The molecule has 102 valence electrons. The number of nitrogens with one attached hydrogen (secondary N) is 1. The van der Waals surface area contributed by atoms with Gasteiger partial charge < -0.3 is 10.1 Å². The van der Waals surface area contributed by atoms with Crippen molar-refractivity contribution in [2.24, 2.45) is 0 Å². The average Bonchev–Trinajstić information content (AvgIpc) is 2.46. The van der Waals surface area contributed by atoms with Crippen LogP contribution >= 0.6 is 0 Å². The number of likely N-dealkylation sites (N-methyl/N-ethyl adjacent to an activating group) is 1. The van der Waals surface area contributed by atoms with Crippen molar-refractivity contribution in [2.45, 2.75) is 18.9 Å². The maximum atomic E-state index is 5.50. The molecule has 2 aliphatic rings. The van der Waals surface area contributed by atoms with Crippen LogP contribution in [-0.2, 0) is 6.42 Å². The largest absolute Gasteiger partial charge is 0.496 e. The van der Waals surface area contributed by atoms with E-state index in [4.69, 9.17) is 4.74 Å². The first-order valence-corrected chi connectivity index (χ1v) is 7.07. The maximum absolute atomic E-state index is 5.50. The topological polar surface area (TPSA) is 24.5 Å². The fraction of sp³-hybridized carbons (Fsp3) is 0.500. The highest BCUT2D eigenvalue weighted by molar-refractivity contribution is 5.66. The minimum Gasteiger partial charge on any atom is -0.496 e. The van der Waals surface area contributed by atoms with Crippen molar-refractivity contribution in [1.29, 1.82) is 0 Å². The molecule has 1 fully saturated rings. The maximum Gasteiger partial charge on any atom is 0.126 e. The molecule has 0 radical (unpaired) electrons. The van der Waals surface area contributed by atoms with E-state index in [0.29, 0.717) is 6.04 Å². The van der Waals surface area contributed by atoms with Crippen LogP contribution in [0.25, 0.3) is 6.08 Å². The summed E-state index contributed by atoms with van der Waals surface area (Å²) in [7, 11) is 3.98. The van der Waals surface area contributed by atoms with Gasteiger partial charge in [-0.3, -0.25) is 4.90 Å². The van der Waals surface area contributed by atoms with Crippen LogP contribution in [0.15, 0.2) is 23.8 Å². The Kier molecular flexibility index (Phi) is 3.58. The molecule has 1 atom stereocenters. The van der Waals surface area contributed by atoms with Crippen molar-refractivity contribution in [1.82, 2.24) is 10.2 Å². The number of aryl methyl sites for hydroxylation is 1. The molecule has 1 unspecified atom stereocenters. The Morgan fingerprint density at radius 2 is 2.21 bits per heavy atom. The van der Waals surface area contributed by atoms with E-state index in [0.717, 1.165) is 38.2 Å². The molecule has 0 aromatic heterocycles. The van der Waals surface area contributed by atoms with Crippen LogP contribution in [0.3, 0.4) is 0 Å². The van der Waals surface area contributed by atoms with Crippen molar-refractivity contribution in [3.8, 4) is 5.75 Å². The van der Waals surface area contributed by atoms with E-state index in [-0.39, 0.29) is 0 Å². The van der Waals surface area contributed by atoms with Gasteiger partial charge in [0.1, 0.15) is 5.75 Å². The van der Waals surface area contributed by atoms with Gasteiger partial charge in [0.25, 0.3) is 0 Å². The highest BCUT2D eigenvalue weighted by Crippen LogP contribution is 2.33. The number of hydrogen-bond donors (Lipinski definition) is 1. The van der Waals surface area contributed by atoms with Crippen LogP contribution in [0.2, 0.25) is 0 Å². The van der Waals surface area contributed by atoms with Crippen molar-refractivity contribution in [2.75, 3.05) is 33.8 Å². The number of fused-ring (bicyclic) bond motifs is 1. The summed E-state index contributed by atoms with van der Waals surface area (Å²) in [6.45, 7) is 3.29. The summed E-state index contributed by atoms with van der Waals surface area (Å²) in [5.41, 5.74) is 4.23. The Balaban J connectivity index is 1.94. The summed E-state index contributed by atoms with van der Waals surface area (Å²) < 4.78 is 5.50. The second-order valence-electron chi connectivity index (χ2n) is 5.45. The number of hydrogen-bond acceptors (Lipinski definition) is 3. The molecule has 19 heavy (non-hydrogen) atoms. The third-order valence-corrected chi connectivity index (χ3v) is 4.33. The minimum atomic E-state index is 0.534. The molecule has 0 amide bonds. The number of rotatable bonds is 2. The third kappa shape index (κ3) is 2.40. The van der Waals surface area contributed by atoms with Gasteiger partial charge in [0.05, 0.1) is 7.11 Å². The Labute approximate surface area is 115 Å². The van der Waals surface area contributed by atoms with Crippen molar-refractivity contribution >= 4 is 6.08 Å². The highest BCUT2D eigenvalue weighted by Gasteiger charge is 2.25. The van der Waals surface area contributed by atoms with Crippen molar-refractivity contribution < 1.29 is 4.74 Å². The fourth-order valence-electron chi connectivity index (χ4n) is 3.17. The van der Waals surface area contributed by atoms with Crippen molar-refractivity contribution in [3.63, 3.8) is 0 Å². The molecule has 0 bridgehead atoms. The number of piperazine rings is 1. The zero-order chi connectivity index (χ0) is 13.2. The SMILES string of the molecule is COc1cccc2c1C=C(C1CNCCN1C)CC2. The molecule has 1 aliphatic heterocycles. The lowest BCUT2D eigenvalue weighted by Gasteiger charge is -2.36. The molecule has 1 heterocycles. The fourth-order valence-corrected chi connectivity index (χ4v) is 3.17. The third-order valence-electron chi connectivity index (χ3n) is 4.33. The van der Waals surface area contributed by atoms with Gasteiger partial charge in [0.15, 0.2) is 0 Å². The van der Waals surface area contributed by atoms with E-state index in [9.17, 15) is 0 Å². The monoisotopic (exact) mass is 258 g/mol. The van der Waals surface area contributed by atoms with E-state index in [1.807, 2.05) is 0 Å². The average molecular weight is 258 g/mol. The van der Waals surface area contributed by atoms with Crippen LogP contribution in [0.1, 0.15) is 17.5 Å². The van der Waals surface area contributed by atoms with Crippen LogP contribution in [0.4, 0.5) is 0 Å². The smallest absolute Gasteiger partial charge is 0.126 e. The molecule has 1 saturated heterocycles. The number of methoxy groups -OCH3 is 1. The first kappa shape index (κ1) is 12.7. The molecule has 1 N–H and O–H groups in total. The second-order valence-corrected chi connectivity index (χ2v) is 5.45. The molecular formula is C16H22N2O. The number of nitrogens with zero attached hydrogens (tertiary/aromatic N) is 1. The minimum absolute atomic E-state index is 0.534. The lowest BCUT2D eigenvalue weighted by atomic mass is 9.87. The molecule has 3 nitrogen and oxygen atoms in total. The molecular weight excluding hydrogens is 236 g/mol. The van der Waals surface area contributed by atoms with Gasteiger partial charge in [-0.2, -0.15) is 0 Å². The van der Waals surface area contributed by atoms with Crippen LogP contribution in [0, 0.1) is 0 Å². The molecule has 1 aromatic carbocycles. The van der Waals surface area contributed by atoms with E-state index in [2.05, 4.69) is 41.5 Å². The molecule has 1 aliphatic carbocycles. The number of ether oxygens (including phenoxy) is 1. The zero-order valence-electron chi connectivity index (χ0n) is 11.8. The van der Waals surface area contributed by atoms with E-state index in [1.54, 1.807) is 7.11 Å². The summed E-state index contributed by atoms with van der Waals surface area (Å²) in [4.78, 5) is 2.46. The Bertz CT molecular complexity index is 496. The lowest BCUT2D eigenvalue weighted by molar-refractivity contribution is 0.224. The first-order valence-electron chi connectivity index (χ1n) is 7.07. The molecule has 3 heteroatoms. The molecule has 3 rings (SSSR count). The number of benzene rings is 1. The van der Waals surface area contributed by atoms with Gasteiger partial charge in [-0.15, -0.1) is 0 Å². The highest BCUT2D eigenvalue weighted by atomic mass is 16.5. The van der Waals surface area contributed by atoms with Gasteiger partial charge in [0.2, 0.25) is 0 Å². The summed E-state index contributed by atoms with van der Waals surface area (Å²) in [6, 6.07) is 6.90. The predicted molar refractivity (Wildman–Crippen MR) is 78.6 cm³/mol. The Morgan fingerprint density at radius 3 is 3.00 bits per heavy atom. The molecule has 0 spiro atoms. The summed E-state index contributed by atoms with van der Waals surface area (Å²) in [6.07, 6.45) is 4.64. The van der Waals surface area contributed by atoms with Crippen LogP contribution in [-0.4, -0.2) is 44.7 Å². The summed E-state index contributed by atoms with van der Waals surface area (Å²) in [5.74, 6) is 1.00. The standard InChI is InChI=1S/C16H22N2O/c1-18-9-8-17-11-15(18)13-7-6-12-4-3-5-16(19-2)14(12)10-13/h3-5,10,15,17H,6-9,11H2,1-2H3. The Hall–Kier alpha value is -1.32. The van der Waals surface area contributed by atoms with Gasteiger partial charge >= 0.3 is 0 Å². The normalized spacial score (nSPS) is 23.7. The van der Waals surface area contributed by atoms with Crippen molar-refractivity contribution in [3.05, 3.63) is 34.9 Å². The lowest BCUT2D eigenvalue weighted by Crippen LogP contribution is -2.50. The van der Waals surface area contributed by atoms with Gasteiger partial charge in [-0.05, 0) is 31.5 Å². The first-order chi connectivity index (χ1) is 9.29. The Morgan fingerprint density at radius 1 is 1.32 bits per heavy atom. The molecule has 0 saturated carbocycles.